The molecule has 0 unspecified atom stereocenters. The van der Waals surface area contributed by atoms with E-state index in [-0.39, 0.29) is 17.0 Å². The molecule has 1 heterocycles. The van der Waals surface area contributed by atoms with Crippen LogP contribution in [0, 0.1) is 22.5 Å². The number of aromatic nitrogens is 2. The van der Waals surface area contributed by atoms with Crippen molar-refractivity contribution in [2.24, 2.45) is 5.41 Å². The zero-order chi connectivity index (χ0) is 15.3. The maximum Gasteiger partial charge on any atom is 0.352 e. The van der Waals surface area contributed by atoms with E-state index in [1.807, 2.05) is 6.92 Å². The molecule has 7 nitrogen and oxygen atoms in total. The number of hydrogen-bond acceptors (Lipinski definition) is 6. The number of hydrogen-bond donors (Lipinski definition) is 1. The van der Waals surface area contributed by atoms with E-state index in [0.717, 1.165) is 6.42 Å². The molecule has 7 heteroatoms. The number of ether oxygens (including phenoxy) is 1. The van der Waals surface area contributed by atoms with Crippen molar-refractivity contribution in [2.75, 3.05) is 18.5 Å². The van der Waals surface area contributed by atoms with E-state index in [1.54, 1.807) is 6.92 Å². The van der Waals surface area contributed by atoms with E-state index in [2.05, 4.69) is 36.1 Å². The Morgan fingerprint density at radius 1 is 1.35 bits per heavy atom. The van der Waals surface area contributed by atoms with Gasteiger partial charge in [-0.15, -0.1) is 0 Å². The summed E-state index contributed by atoms with van der Waals surface area (Å²) in [5, 5.41) is 14.0. The minimum atomic E-state index is -0.502. The first-order valence-corrected chi connectivity index (χ1v) is 6.64. The minimum Gasteiger partial charge on any atom is -0.473 e. The number of rotatable bonds is 6. The SMILES string of the molecule is CCNc1nc(C)c([N+](=O)[O-])c(OCCC(C)(C)C)n1. The first-order chi connectivity index (χ1) is 9.24. The average Bonchev–Trinajstić information content (AvgIpc) is 2.26. The van der Waals surface area contributed by atoms with E-state index < -0.39 is 4.92 Å². The van der Waals surface area contributed by atoms with E-state index >= 15 is 0 Å². The van der Waals surface area contributed by atoms with Gasteiger partial charge in [0.2, 0.25) is 5.95 Å². The predicted molar refractivity (Wildman–Crippen MR) is 77.2 cm³/mol. The average molecular weight is 282 g/mol. The topological polar surface area (TPSA) is 90.2 Å². The molecule has 0 saturated heterocycles. The second-order valence-corrected chi connectivity index (χ2v) is 5.73. The van der Waals surface area contributed by atoms with Crippen molar-refractivity contribution < 1.29 is 9.66 Å². The molecule has 0 spiro atoms. The lowest BCUT2D eigenvalue weighted by atomic mass is 9.93. The normalized spacial score (nSPS) is 11.2. The van der Waals surface area contributed by atoms with Gasteiger partial charge in [-0.1, -0.05) is 20.8 Å². The Hall–Kier alpha value is -1.92. The lowest BCUT2D eigenvalue weighted by Gasteiger charge is -2.18. The lowest BCUT2D eigenvalue weighted by molar-refractivity contribution is -0.387. The fraction of sp³-hybridized carbons (Fsp3) is 0.692. The van der Waals surface area contributed by atoms with E-state index in [0.29, 0.717) is 24.8 Å². The molecule has 0 aromatic carbocycles. The summed E-state index contributed by atoms with van der Waals surface area (Å²) in [6.07, 6.45) is 0.781. The van der Waals surface area contributed by atoms with Gasteiger partial charge in [0.1, 0.15) is 5.69 Å². The third-order valence-corrected chi connectivity index (χ3v) is 2.63. The molecule has 0 aliphatic rings. The van der Waals surface area contributed by atoms with Crippen LogP contribution >= 0.6 is 0 Å². The maximum atomic E-state index is 11.1. The molecular formula is C13H22N4O3. The van der Waals surface area contributed by atoms with Crippen molar-refractivity contribution in [1.82, 2.24) is 9.97 Å². The van der Waals surface area contributed by atoms with E-state index in [1.165, 1.54) is 0 Å². The number of nitrogens with zero attached hydrogens (tertiary/aromatic N) is 3. The molecule has 0 bridgehead atoms. The number of anilines is 1. The molecule has 0 atom stereocenters. The van der Waals surface area contributed by atoms with Gasteiger partial charge in [-0.25, -0.2) is 4.98 Å². The lowest BCUT2D eigenvalue weighted by Crippen LogP contribution is -2.14. The molecular weight excluding hydrogens is 260 g/mol. The first-order valence-electron chi connectivity index (χ1n) is 6.64. The smallest absolute Gasteiger partial charge is 0.352 e. The number of nitro groups is 1. The van der Waals surface area contributed by atoms with Crippen molar-refractivity contribution in [3.63, 3.8) is 0 Å². The summed E-state index contributed by atoms with van der Waals surface area (Å²) in [6, 6.07) is 0. The van der Waals surface area contributed by atoms with Gasteiger partial charge in [0.25, 0.3) is 5.88 Å². The molecule has 0 aliphatic heterocycles. The van der Waals surface area contributed by atoms with Gasteiger partial charge in [-0.3, -0.25) is 10.1 Å². The Morgan fingerprint density at radius 3 is 2.50 bits per heavy atom. The van der Waals surface area contributed by atoms with Crippen molar-refractivity contribution in [1.29, 1.82) is 0 Å². The van der Waals surface area contributed by atoms with Crippen LogP contribution in [0.4, 0.5) is 11.6 Å². The summed E-state index contributed by atoms with van der Waals surface area (Å²) >= 11 is 0. The molecule has 0 radical (unpaired) electrons. The van der Waals surface area contributed by atoms with Gasteiger partial charge in [-0.05, 0) is 25.7 Å². The molecule has 0 aliphatic carbocycles. The molecule has 0 fully saturated rings. The Kier molecular flexibility index (Phi) is 5.24. The van der Waals surface area contributed by atoms with Crippen molar-refractivity contribution in [2.45, 2.75) is 41.0 Å². The van der Waals surface area contributed by atoms with Crippen LogP contribution in [-0.2, 0) is 0 Å². The van der Waals surface area contributed by atoms with Crippen LogP contribution in [0.5, 0.6) is 5.88 Å². The van der Waals surface area contributed by atoms with E-state index in [9.17, 15) is 10.1 Å². The van der Waals surface area contributed by atoms with Gasteiger partial charge < -0.3 is 10.1 Å². The molecule has 1 aromatic rings. The van der Waals surface area contributed by atoms with Crippen LogP contribution in [0.1, 0.15) is 39.8 Å². The Bertz CT molecular complexity index is 483. The molecule has 20 heavy (non-hydrogen) atoms. The number of nitrogens with one attached hydrogen (secondary N) is 1. The molecule has 1 N–H and O–H groups in total. The van der Waals surface area contributed by atoms with Gasteiger partial charge in [0, 0.05) is 6.54 Å². The highest BCUT2D eigenvalue weighted by Gasteiger charge is 2.24. The summed E-state index contributed by atoms with van der Waals surface area (Å²) in [6.45, 7) is 10.8. The zero-order valence-corrected chi connectivity index (χ0v) is 12.7. The standard InChI is InChI=1S/C13H22N4O3/c1-6-14-12-15-9(2)10(17(18)19)11(16-12)20-8-7-13(3,4)5/h6-8H2,1-5H3,(H,14,15,16). The maximum absolute atomic E-state index is 11.1. The van der Waals surface area contributed by atoms with Crippen LogP contribution < -0.4 is 10.1 Å². The largest absolute Gasteiger partial charge is 0.473 e. The van der Waals surface area contributed by atoms with Crippen molar-refractivity contribution in [3.8, 4) is 5.88 Å². The predicted octanol–water partition coefficient (Wildman–Crippen LogP) is 2.94. The second-order valence-electron chi connectivity index (χ2n) is 5.73. The quantitative estimate of drug-likeness (QED) is 0.637. The summed E-state index contributed by atoms with van der Waals surface area (Å²) in [7, 11) is 0. The highest BCUT2D eigenvalue weighted by Crippen LogP contribution is 2.29. The molecule has 0 amide bonds. The van der Waals surface area contributed by atoms with E-state index in [4.69, 9.17) is 4.74 Å². The third kappa shape index (κ3) is 4.64. The molecule has 1 aromatic heterocycles. The summed E-state index contributed by atoms with van der Waals surface area (Å²) in [4.78, 5) is 18.7. The summed E-state index contributed by atoms with van der Waals surface area (Å²) < 4.78 is 5.51. The minimum absolute atomic E-state index is 0.0303. The van der Waals surface area contributed by atoms with Crippen LogP contribution in [-0.4, -0.2) is 28.0 Å². The third-order valence-electron chi connectivity index (χ3n) is 2.63. The van der Waals surface area contributed by atoms with Crippen molar-refractivity contribution >= 4 is 11.6 Å². The fourth-order valence-corrected chi connectivity index (χ4v) is 1.54. The van der Waals surface area contributed by atoms with Gasteiger partial charge >= 0.3 is 5.69 Å². The highest BCUT2D eigenvalue weighted by molar-refractivity contribution is 5.48. The molecule has 112 valence electrons. The monoisotopic (exact) mass is 282 g/mol. The Morgan fingerprint density at radius 2 is 2.00 bits per heavy atom. The Labute approximate surface area is 118 Å². The van der Waals surface area contributed by atoms with Gasteiger partial charge in [0.15, 0.2) is 0 Å². The zero-order valence-electron chi connectivity index (χ0n) is 12.7. The first kappa shape index (κ1) is 16.1. The summed E-state index contributed by atoms with van der Waals surface area (Å²) in [5.74, 6) is 0.379. The number of aryl methyl sites for hydroxylation is 1. The second kappa shape index (κ2) is 6.49. The summed E-state index contributed by atoms with van der Waals surface area (Å²) in [5.41, 5.74) is 0.230. The van der Waals surface area contributed by atoms with Crippen molar-refractivity contribution in [3.05, 3.63) is 15.8 Å². The van der Waals surface area contributed by atoms with Gasteiger partial charge in [0.05, 0.1) is 11.5 Å². The highest BCUT2D eigenvalue weighted by atomic mass is 16.6. The molecule has 0 saturated carbocycles. The van der Waals surface area contributed by atoms with Crippen LogP contribution in [0.15, 0.2) is 0 Å². The van der Waals surface area contributed by atoms with Crippen LogP contribution in [0.25, 0.3) is 0 Å². The Balaban J connectivity index is 2.98. The van der Waals surface area contributed by atoms with Gasteiger partial charge in [-0.2, -0.15) is 4.98 Å². The molecule has 1 rings (SSSR count). The fourth-order valence-electron chi connectivity index (χ4n) is 1.54. The van der Waals surface area contributed by atoms with Crippen LogP contribution in [0.2, 0.25) is 0 Å². The van der Waals surface area contributed by atoms with Crippen LogP contribution in [0.3, 0.4) is 0 Å².